The lowest BCUT2D eigenvalue weighted by Gasteiger charge is -2.06. The topological polar surface area (TPSA) is 55.8 Å². The highest BCUT2D eigenvalue weighted by Crippen LogP contribution is 2.33. The van der Waals surface area contributed by atoms with Gasteiger partial charge in [-0.15, -0.1) is 0 Å². The molecular weight excluding hydrogens is 340 g/mol. The maximum atomic E-state index is 12.4. The first-order valence-corrected chi connectivity index (χ1v) is 8.75. The Balaban J connectivity index is 1.73. The first kappa shape index (κ1) is 16.9. The summed E-state index contributed by atoms with van der Waals surface area (Å²) < 4.78 is 10.9. The monoisotopic (exact) mass is 358 g/mol. The van der Waals surface area contributed by atoms with Gasteiger partial charge in [0.1, 0.15) is 5.76 Å². The van der Waals surface area contributed by atoms with Crippen LogP contribution in [0.2, 0.25) is 0 Å². The first-order valence-electron chi connectivity index (χ1n) is 8.75. The molecule has 0 aromatic heterocycles. The second-order valence-electron chi connectivity index (χ2n) is 6.18. The van der Waals surface area contributed by atoms with Gasteiger partial charge in [0, 0.05) is 5.56 Å². The highest BCUT2D eigenvalue weighted by atomic mass is 16.5. The van der Waals surface area contributed by atoms with Crippen molar-refractivity contribution in [2.45, 2.75) is 6.92 Å². The normalized spacial score (nSPS) is 15.1. The van der Waals surface area contributed by atoms with E-state index in [0.29, 0.717) is 23.7 Å². The number of carbonyl (C=O) groups is 1. The second-order valence-corrected chi connectivity index (χ2v) is 6.18. The van der Waals surface area contributed by atoms with Crippen molar-refractivity contribution in [1.82, 2.24) is 0 Å². The Kier molecular flexibility index (Phi) is 4.38. The van der Waals surface area contributed by atoms with E-state index in [0.717, 1.165) is 21.9 Å². The molecule has 0 saturated carbocycles. The zero-order valence-corrected chi connectivity index (χ0v) is 14.8. The molecule has 27 heavy (non-hydrogen) atoms. The van der Waals surface area contributed by atoms with E-state index in [4.69, 9.17) is 9.47 Å². The zero-order valence-electron chi connectivity index (χ0n) is 14.8. The Morgan fingerprint density at radius 1 is 1.07 bits per heavy atom. The number of fused-ring (bicyclic) bond motifs is 1. The van der Waals surface area contributed by atoms with Crippen molar-refractivity contribution in [3.63, 3.8) is 0 Å². The standard InChI is InChI=1S/C23H18O4/c1-2-26-22-13-15(10-11-20(22)24)12-17-14-21(27-23(17)25)19-9-5-7-16-6-3-4-8-18(16)19/h3-14,24H,2H2,1H3/b17-12+. The van der Waals surface area contributed by atoms with Gasteiger partial charge in [-0.05, 0) is 47.5 Å². The number of esters is 1. The molecule has 4 rings (SSSR count). The number of ether oxygens (including phenoxy) is 2. The van der Waals surface area contributed by atoms with Crippen molar-refractivity contribution in [2.75, 3.05) is 6.61 Å². The van der Waals surface area contributed by atoms with Crippen molar-refractivity contribution < 1.29 is 19.4 Å². The lowest BCUT2D eigenvalue weighted by molar-refractivity contribution is -0.130. The van der Waals surface area contributed by atoms with Crippen molar-refractivity contribution in [2.24, 2.45) is 0 Å². The minimum Gasteiger partial charge on any atom is -0.504 e. The molecule has 3 aromatic carbocycles. The molecular formula is C23H18O4. The molecule has 0 radical (unpaired) electrons. The van der Waals surface area contributed by atoms with Crippen molar-refractivity contribution >= 4 is 28.6 Å². The molecule has 0 amide bonds. The molecule has 0 spiro atoms. The fraction of sp³-hybridized carbons (Fsp3) is 0.0870. The molecule has 1 N–H and O–H groups in total. The predicted octanol–water partition coefficient (Wildman–Crippen LogP) is 4.93. The maximum Gasteiger partial charge on any atom is 0.343 e. The van der Waals surface area contributed by atoms with Crippen molar-refractivity contribution in [1.29, 1.82) is 0 Å². The van der Waals surface area contributed by atoms with Crippen LogP contribution in [0.3, 0.4) is 0 Å². The van der Waals surface area contributed by atoms with E-state index in [9.17, 15) is 9.90 Å². The van der Waals surface area contributed by atoms with Gasteiger partial charge in [-0.25, -0.2) is 4.79 Å². The molecule has 0 saturated heterocycles. The Labute approximate surface area is 157 Å². The minimum atomic E-state index is -0.399. The van der Waals surface area contributed by atoms with Crippen LogP contribution in [0.25, 0.3) is 22.6 Å². The van der Waals surface area contributed by atoms with E-state index < -0.39 is 5.97 Å². The largest absolute Gasteiger partial charge is 0.504 e. The molecule has 0 aliphatic carbocycles. The van der Waals surface area contributed by atoms with E-state index in [1.165, 1.54) is 0 Å². The van der Waals surface area contributed by atoms with Crippen LogP contribution in [0.1, 0.15) is 18.1 Å². The summed E-state index contributed by atoms with van der Waals surface area (Å²) in [5.74, 6) is 0.590. The van der Waals surface area contributed by atoms with Gasteiger partial charge in [0.05, 0.1) is 12.2 Å². The van der Waals surface area contributed by atoms with Gasteiger partial charge in [-0.1, -0.05) is 48.5 Å². The van der Waals surface area contributed by atoms with Crippen LogP contribution in [-0.2, 0) is 9.53 Å². The van der Waals surface area contributed by atoms with Crippen LogP contribution in [0.5, 0.6) is 11.5 Å². The van der Waals surface area contributed by atoms with Crippen LogP contribution in [0, 0.1) is 0 Å². The molecule has 0 atom stereocenters. The molecule has 1 aliphatic heterocycles. The summed E-state index contributed by atoms with van der Waals surface area (Å²) in [5, 5.41) is 11.9. The summed E-state index contributed by atoms with van der Waals surface area (Å²) in [5.41, 5.74) is 2.08. The van der Waals surface area contributed by atoms with Crippen molar-refractivity contribution in [3.05, 3.63) is 83.4 Å². The Hall–Kier alpha value is -3.53. The lowest BCUT2D eigenvalue weighted by Crippen LogP contribution is -1.97. The van der Waals surface area contributed by atoms with Crippen LogP contribution in [-0.4, -0.2) is 17.7 Å². The van der Waals surface area contributed by atoms with Crippen LogP contribution >= 0.6 is 0 Å². The average Bonchev–Trinajstić information content (AvgIpc) is 3.04. The quantitative estimate of drug-likeness (QED) is 0.531. The van der Waals surface area contributed by atoms with Gasteiger partial charge < -0.3 is 14.6 Å². The number of phenolic OH excluding ortho intramolecular Hbond substituents is 1. The third-order valence-corrected chi connectivity index (χ3v) is 4.39. The van der Waals surface area contributed by atoms with Gasteiger partial charge >= 0.3 is 5.97 Å². The predicted molar refractivity (Wildman–Crippen MR) is 105 cm³/mol. The number of cyclic esters (lactones) is 1. The summed E-state index contributed by atoms with van der Waals surface area (Å²) >= 11 is 0. The fourth-order valence-electron chi connectivity index (χ4n) is 3.13. The van der Waals surface area contributed by atoms with Crippen LogP contribution in [0.4, 0.5) is 0 Å². The number of aromatic hydroxyl groups is 1. The molecule has 134 valence electrons. The number of phenols is 1. The molecule has 4 heteroatoms. The Morgan fingerprint density at radius 3 is 2.74 bits per heavy atom. The molecule has 4 nitrogen and oxygen atoms in total. The highest BCUT2D eigenvalue weighted by Gasteiger charge is 2.23. The van der Waals surface area contributed by atoms with Crippen LogP contribution in [0.15, 0.2) is 72.3 Å². The number of hydrogen-bond donors (Lipinski definition) is 1. The Morgan fingerprint density at radius 2 is 1.89 bits per heavy atom. The molecule has 1 aliphatic rings. The van der Waals surface area contributed by atoms with E-state index >= 15 is 0 Å². The van der Waals surface area contributed by atoms with Crippen LogP contribution < -0.4 is 4.74 Å². The third kappa shape index (κ3) is 3.29. The molecule has 1 heterocycles. The van der Waals surface area contributed by atoms with Gasteiger partial charge in [-0.3, -0.25) is 0 Å². The summed E-state index contributed by atoms with van der Waals surface area (Å²) in [4.78, 5) is 12.4. The number of rotatable bonds is 4. The van der Waals surface area contributed by atoms with Gasteiger partial charge in [0.2, 0.25) is 0 Å². The summed E-state index contributed by atoms with van der Waals surface area (Å²) in [6.45, 7) is 2.29. The Bertz CT molecular complexity index is 1090. The van der Waals surface area contributed by atoms with E-state index in [1.807, 2.05) is 49.4 Å². The zero-order chi connectivity index (χ0) is 18.8. The number of benzene rings is 3. The van der Waals surface area contributed by atoms with Crippen molar-refractivity contribution in [3.8, 4) is 11.5 Å². The van der Waals surface area contributed by atoms with E-state index in [2.05, 4.69) is 0 Å². The van der Waals surface area contributed by atoms with E-state index in [1.54, 1.807) is 30.4 Å². The average molecular weight is 358 g/mol. The smallest absolute Gasteiger partial charge is 0.343 e. The van der Waals surface area contributed by atoms with Gasteiger partial charge in [0.15, 0.2) is 11.5 Å². The maximum absolute atomic E-state index is 12.4. The SMILES string of the molecule is CCOc1cc(/C=C2\C=C(c3cccc4ccccc34)OC2=O)ccc1O. The summed E-state index contributed by atoms with van der Waals surface area (Å²) in [6.07, 6.45) is 3.47. The van der Waals surface area contributed by atoms with E-state index in [-0.39, 0.29) is 5.75 Å². The summed E-state index contributed by atoms with van der Waals surface area (Å²) in [6, 6.07) is 18.9. The van der Waals surface area contributed by atoms with Gasteiger partial charge in [-0.2, -0.15) is 0 Å². The summed E-state index contributed by atoms with van der Waals surface area (Å²) in [7, 11) is 0. The molecule has 0 unspecified atom stereocenters. The molecule has 0 bridgehead atoms. The van der Waals surface area contributed by atoms with Gasteiger partial charge in [0.25, 0.3) is 0 Å². The minimum absolute atomic E-state index is 0.0694. The highest BCUT2D eigenvalue weighted by molar-refractivity contribution is 6.07. The lowest BCUT2D eigenvalue weighted by atomic mass is 10.0. The first-order chi connectivity index (χ1) is 13.2. The molecule has 0 fully saturated rings. The second kappa shape index (κ2) is 7.00. The number of carbonyl (C=O) groups excluding carboxylic acids is 1. The number of hydrogen-bond acceptors (Lipinski definition) is 4. The fourth-order valence-corrected chi connectivity index (χ4v) is 3.13. The third-order valence-electron chi connectivity index (χ3n) is 4.39. The molecule has 3 aromatic rings.